The van der Waals surface area contributed by atoms with E-state index in [0.717, 1.165) is 36.7 Å². The lowest BCUT2D eigenvalue weighted by molar-refractivity contribution is -0.157. The molecule has 5 atom stereocenters. The predicted molar refractivity (Wildman–Crippen MR) is 104 cm³/mol. The Bertz CT molecular complexity index is 661. The van der Waals surface area contributed by atoms with E-state index < -0.39 is 0 Å². The van der Waals surface area contributed by atoms with Crippen molar-refractivity contribution in [2.45, 2.75) is 52.2 Å². The second-order valence-corrected chi connectivity index (χ2v) is 7.42. The molecule has 0 N–H and O–H groups in total. The molecule has 0 saturated carbocycles. The van der Waals surface area contributed by atoms with Crippen molar-refractivity contribution < 1.29 is 14.3 Å². The smallest absolute Gasteiger partial charge is 0.202 e. The third-order valence-corrected chi connectivity index (χ3v) is 5.82. The Morgan fingerprint density at radius 3 is 2.62 bits per heavy atom. The summed E-state index contributed by atoms with van der Waals surface area (Å²) >= 11 is 0. The van der Waals surface area contributed by atoms with Crippen LogP contribution in [-0.2, 0) is 14.3 Å². The van der Waals surface area contributed by atoms with E-state index in [2.05, 4.69) is 44.2 Å². The average molecular weight is 354 g/mol. The van der Waals surface area contributed by atoms with Gasteiger partial charge in [-0.3, -0.25) is 4.79 Å². The Labute approximate surface area is 157 Å². The molecule has 0 spiro atoms. The lowest BCUT2D eigenvalue weighted by atomic mass is 9.62. The number of aldehydes is 1. The largest absolute Gasteiger partial charge is 0.472 e. The van der Waals surface area contributed by atoms with Crippen molar-refractivity contribution in [2.75, 3.05) is 6.61 Å². The van der Waals surface area contributed by atoms with Gasteiger partial charge >= 0.3 is 0 Å². The highest BCUT2D eigenvalue weighted by Crippen LogP contribution is 2.50. The van der Waals surface area contributed by atoms with Gasteiger partial charge < -0.3 is 9.47 Å². The number of carbonyl (C=O) groups is 1. The van der Waals surface area contributed by atoms with Gasteiger partial charge in [-0.05, 0) is 42.4 Å². The lowest BCUT2D eigenvalue weighted by Gasteiger charge is -2.45. The van der Waals surface area contributed by atoms with E-state index in [9.17, 15) is 4.79 Å². The number of benzene rings is 1. The van der Waals surface area contributed by atoms with E-state index in [0.29, 0.717) is 18.4 Å². The summed E-state index contributed by atoms with van der Waals surface area (Å²) in [5.41, 5.74) is 3.24. The van der Waals surface area contributed by atoms with Crippen LogP contribution in [0.4, 0.5) is 0 Å². The standard InChI is InChI=1S/C23H30O3/c1-4-6-12-20-21-16(3)23(25-5-2)26-15-19(21)13-18(14-24)22(20)17-10-8-7-9-11-17/h7-11,13-16,20-23H,4-6,12H2,1-3H3/t16-,20+,21-,22+,23-/m1/s1. The van der Waals surface area contributed by atoms with E-state index in [1.54, 1.807) is 0 Å². The Hall–Kier alpha value is -1.87. The summed E-state index contributed by atoms with van der Waals surface area (Å²) in [5.74, 6) is 1.13. The number of hydrogen-bond donors (Lipinski definition) is 0. The maximum Gasteiger partial charge on any atom is 0.202 e. The van der Waals surface area contributed by atoms with Gasteiger partial charge in [-0.15, -0.1) is 0 Å². The van der Waals surface area contributed by atoms with Crippen LogP contribution < -0.4 is 0 Å². The quantitative estimate of drug-likeness (QED) is 0.628. The van der Waals surface area contributed by atoms with Gasteiger partial charge in [0.25, 0.3) is 0 Å². The molecular formula is C23H30O3. The van der Waals surface area contributed by atoms with Crippen LogP contribution in [0.3, 0.4) is 0 Å². The molecule has 1 aliphatic heterocycles. The van der Waals surface area contributed by atoms with E-state index in [4.69, 9.17) is 9.47 Å². The fourth-order valence-electron chi connectivity index (χ4n) is 4.67. The third-order valence-electron chi connectivity index (χ3n) is 5.82. The highest BCUT2D eigenvalue weighted by molar-refractivity contribution is 5.78. The van der Waals surface area contributed by atoms with E-state index >= 15 is 0 Å². The van der Waals surface area contributed by atoms with Crippen molar-refractivity contribution in [1.29, 1.82) is 0 Å². The highest BCUT2D eigenvalue weighted by atomic mass is 16.7. The maximum absolute atomic E-state index is 11.9. The van der Waals surface area contributed by atoms with Gasteiger partial charge in [-0.25, -0.2) is 0 Å². The molecule has 0 bridgehead atoms. The SMILES string of the molecule is CCCC[C@H]1[C@H]2C(=CO[C@@H](OCC)[C@@H]2C)C=C(C=O)[C@@H]1c1ccccc1. The monoisotopic (exact) mass is 354 g/mol. The zero-order valence-corrected chi connectivity index (χ0v) is 16.1. The summed E-state index contributed by atoms with van der Waals surface area (Å²) in [7, 11) is 0. The summed E-state index contributed by atoms with van der Waals surface area (Å²) in [6, 6.07) is 10.5. The van der Waals surface area contributed by atoms with Gasteiger partial charge in [0.05, 0.1) is 6.26 Å². The molecule has 1 aromatic rings. The first-order valence-corrected chi connectivity index (χ1v) is 9.90. The molecule has 1 heterocycles. The molecule has 3 heteroatoms. The van der Waals surface area contributed by atoms with Gasteiger partial charge in [-0.2, -0.15) is 0 Å². The van der Waals surface area contributed by atoms with Crippen molar-refractivity contribution in [3.8, 4) is 0 Å². The zero-order chi connectivity index (χ0) is 18.5. The molecule has 2 aliphatic rings. The van der Waals surface area contributed by atoms with E-state index in [1.807, 2.05) is 19.3 Å². The predicted octanol–water partition coefficient (Wildman–Crippen LogP) is 5.24. The van der Waals surface area contributed by atoms with Crippen molar-refractivity contribution in [1.82, 2.24) is 0 Å². The molecule has 26 heavy (non-hydrogen) atoms. The van der Waals surface area contributed by atoms with Gasteiger partial charge in [0, 0.05) is 24.0 Å². The Balaban J connectivity index is 2.05. The number of hydrogen-bond acceptors (Lipinski definition) is 3. The molecule has 0 aromatic heterocycles. The van der Waals surface area contributed by atoms with E-state index in [-0.39, 0.29) is 18.1 Å². The van der Waals surface area contributed by atoms with Crippen LogP contribution in [0.15, 0.2) is 53.8 Å². The molecule has 0 radical (unpaired) electrons. The summed E-state index contributed by atoms with van der Waals surface area (Å²) < 4.78 is 11.7. The Morgan fingerprint density at radius 2 is 1.96 bits per heavy atom. The summed E-state index contributed by atoms with van der Waals surface area (Å²) in [6.45, 7) is 7.09. The van der Waals surface area contributed by atoms with Crippen molar-refractivity contribution in [3.63, 3.8) is 0 Å². The molecule has 1 aliphatic carbocycles. The fourth-order valence-corrected chi connectivity index (χ4v) is 4.67. The second kappa shape index (κ2) is 8.68. The number of fused-ring (bicyclic) bond motifs is 1. The minimum Gasteiger partial charge on any atom is -0.472 e. The first-order valence-electron chi connectivity index (χ1n) is 9.90. The van der Waals surface area contributed by atoms with Gasteiger partial charge in [0.2, 0.25) is 6.29 Å². The van der Waals surface area contributed by atoms with Gasteiger partial charge in [-0.1, -0.05) is 57.0 Å². The van der Waals surface area contributed by atoms with Gasteiger partial charge in [0.15, 0.2) is 0 Å². The average Bonchev–Trinajstić information content (AvgIpc) is 2.68. The first-order chi connectivity index (χ1) is 12.7. The highest BCUT2D eigenvalue weighted by Gasteiger charge is 2.45. The number of allylic oxidation sites excluding steroid dienone is 3. The normalized spacial score (nSPS) is 30.7. The van der Waals surface area contributed by atoms with Crippen LogP contribution >= 0.6 is 0 Å². The fraction of sp³-hybridized carbons (Fsp3) is 0.522. The van der Waals surface area contributed by atoms with Crippen LogP contribution in [0.5, 0.6) is 0 Å². The van der Waals surface area contributed by atoms with Crippen LogP contribution in [0.25, 0.3) is 0 Å². The Kier molecular flexibility index (Phi) is 6.31. The van der Waals surface area contributed by atoms with Gasteiger partial charge in [0.1, 0.15) is 6.29 Å². The Morgan fingerprint density at radius 1 is 1.19 bits per heavy atom. The van der Waals surface area contributed by atoms with Crippen LogP contribution in [0, 0.1) is 17.8 Å². The van der Waals surface area contributed by atoms with Crippen molar-refractivity contribution >= 4 is 6.29 Å². The molecule has 1 aromatic carbocycles. The molecular weight excluding hydrogens is 324 g/mol. The first kappa shape index (κ1) is 18.9. The third kappa shape index (κ3) is 3.64. The number of ether oxygens (including phenoxy) is 2. The summed E-state index contributed by atoms with van der Waals surface area (Å²) in [6.07, 6.45) is 8.13. The van der Waals surface area contributed by atoms with E-state index in [1.165, 1.54) is 5.56 Å². The molecule has 0 amide bonds. The second-order valence-electron chi connectivity index (χ2n) is 7.42. The molecule has 3 nitrogen and oxygen atoms in total. The summed E-state index contributed by atoms with van der Waals surface area (Å²) in [5, 5.41) is 0. The molecule has 3 rings (SSSR count). The van der Waals surface area contributed by atoms with Crippen molar-refractivity contribution in [2.24, 2.45) is 17.8 Å². The minimum atomic E-state index is -0.208. The minimum absolute atomic E-state index is 0.144. The number of rotatable bonds is 7. The summed E-state index contributed by atoms with van der Waals surface area (Å²) in [4.78, 5) is 11.9. The van der Waals surface area contributed by atoms with Crippen LogP contribution in [0.1, 0.15) is 51.5 Å². The van der Waals surface area contributed by atoms with Crippen molar-refractivity contribution in [3.05, 3.63) is 59.4 Å². The number of carbonyl (C=O) groups excluding carboxylic acids is 1. The lowest BCUT2D eigenvalue weighted by Crippen LogP contribution is -2.41. The number of unbranched alkanes of at least 4 members (excludes halogenated alkanes) is 1. The molecule has 0 saturated heterocycles. The van der Waals surface area contributed by atoms with Crippen LogP contribution in [0.2, 0.25) is 0 Å². The molecule has 0 unspecified atom stereocenters. The zero-order valence-electron chi connectivity index (χ0n) is 16.1. The maximum atomic E-state index is 11.9. The topological polar surface area (TPSA) is 35.5 Å². The van der Waals surface area contributed by atoms with Crippen LogP contribution in [-0.4, -0.2) is 19.2 Å². The molecule has 140 valence electrons. The molecule has 0 fully saturated rings.